The van der Waals surface area contributed by atoms with Crippen LogP contribution >= 0.6 is 34.5 Å². The van der Waals surface area contributed by atoms with E-state index in [2.05, 4.69) is 0 Å². The van der Waals surface area contributed by atoms with Gasteiger partial charge >= 0.3 is 0 Å². The van der Waals surface area contributed by atoms with E-state index in [0.717, 1.165) is 16.0 Å². The van der Waals surface area contributed by atoms with Crippen LogP contribution in [0.3, 0.4) is 0 Å². The summed E-state index contributed by atoms with van der Waals surface area (Å²) < 4.78 is 16.1. The molecule has 0 saturated carbocycles. The van der Waals surface area contributed by atoms with Gasteiger partial charge in [-0.25, -0.2) is 0 Å². The van der Waals surface area contributed by atoms with Crippen molar-refractivity contribution >= 4 is 46.4 Å². The Morgan fingerprint density at radius 2 is 1.83 bits per heavy atom. The molecule has 1 aliphatic heterocycles. The minimum absolute atomic E-state index is 0.129. The van der Waals surface area contributed by atoms with Gasteiger partial charge in [0, 0.05) is 30.1 Å². The molecule has 0 N–H and O–H groups in total. The van der Waals surface area contributed by atoms with E-state index in [4.69, 9.17) is 37.4 Å². The fourth-order valence-corrected chi connectivity index (χ4v) is 5.19. The number of halogens is 2. The summed E-state index contributed by atoms with van der Waals surface area (Å²) in [5.41, 5.74) is 2.29. The lowest BCUT2D eigenvalue weighted by Crippen LogP contribution is -2.43. The molecule has 0 atom stereocenters. The fourth-order valence-electron chi connectivity index (χ4n) is 3.78. The predicted molar refractivity (Wildman–Crippen MR) is 140 cm³/mol. The third kappa shape index (κ3) is 6.31. The minimum Gasteiger partial charge on any atom is -0.454 e. The molecule has 0 spiro atoms. The van der Waals surface area contributed by atoms with E-state index >= 15 is 0 Å². The first-order valence-corrected chi connectivity index (χ1v) is 12.9. The van der Waals surface area contributed by atoms with Crippen molar-refractivity contribution in [1.29, 1.82) is 0 Å². The molecule has 36 heavy (non-hydrogen) atoms. The summed E-state index contributed by atoms with van der Waals surface area (Å²) in [6, 6.07) is 12.3. The Labute approximate surface area is 224 Å². The molecule has 10 heteroatoms. The van der Waals surface area contributed by atoms with Crippen molar-refractivity contribution in [3.8, 4) is 11.5 Å². The molecule has 3 aromatic rings. The maximum absolute atomic E-state index is 13.7. The summed E-state index contributed by atoms with van der Waals surface area (Å²) in [6.07, 6.45) is 0. The van der Waals surface area contributed by atoms with Crippen LogP contribution in [-0.4, -0.2) is 55.2 Å². The first kappa shape index (κ1) is 26.3. The van der Waals surface area contributed by atoms with Gasteiger partial charge in [-0.05, 0) is 59.8 Å². The molecule has 0 aliphatic carbocycles. The summed E-state index contributed by atoms with van der Waals surface area (Å²) in [7, 11) is 1.55. The van der Waals surface area contributed by atoms with Crippen molar-refractivity contribution in [2.45, 2.75) is 20.0 Å². The number of aryl methyl sites for hydroxylation is 1. The van der Waals surface area contributed by atoms with Crippen molar-refractivity contribution in [3.63, 3.8) is 0 Å². The summed E-state index contributed by atoms with van der Waals surface area (Å²) in [4.78, 5) is 31.3. The maximum Gasteiger partial charge on any atom is 0.255 e. The number of nitrogens with zero attached hydrogens (tertiary/aromatic N) is 2. The van der Waals surface area contributed by atoms with Crippen molar-refractivity contribution in [2.24, 2.45) is 0 Å². The molecular formula is C26H26Cl2N2O5S. The first-order chi connectivity index (χ1) is 17.4. The number of carbonyl (C=O) groups is 2. The molecule has 0 unspecified atom stereocenters. The Balaban J connectivity index is 1.57. The zero-order valence-electron chi connectivity index (χ0n) is 20.0. The van der Waals surface area contributed by atoms with Gasteiger partial charge in [0.25, 0.3) is 5.91 Å². The highest BCUT2D eigenvalue weighted by Crippen LogP contribution is 2.33. The summed E-state index contributed by atoms with van der Waals surface area (Å²) in [5.74, 6) is 0.774. The number of amides is 2. The van der Waals surface area contributed by atoms with Gasteiger partial charge in [-0.1, -0.05) is 29.3 Å². The molecule has 1 aromatic heterocycles. The smallest absolute Gasteiger partial charge is 0.255 e. The van der Waals surface area contributed by atoms with Crippen LogP contribution in [-0.2, 0) is 22.6 Å². The first-order valence-electron chi connectivity index (χ1n) is 11.3. The molecule has 190 valence electrons. The second kappa shape index (κ2) is 12.0. The van der Waals surface area contributed by atoms with Crippen LogP contribution in [0.2, 0.25) is 10.0 Å². The van der Waals surface area contributed by atoms with E-state index in [9.17, 15) is 9.59 Å². The zero-order chi connectivity index (χ0) is 25.7. The van der Waals surface area contributed by atoms with Gasteiger partial charge in [0.1, 0.15) is 6.54 Å². The number of thiophene rings is 1. The Morgan fingerprint density at radius 3 is 2.56 bits per heavy atom. The van der Waals surface area contributed by atoms with E-state index in [1.807, 2.05) is 36.6 Å². The molecule has 0 saturated heterocycles. The largest absolute Gasteiger partial charge is 0.454 e. The number of hydrogen-bond acceptors (Lipinski definition) is 6. The number of methoxy groups -OCH3 is 1. The number of benzene rings is 2. The zero-order valence-corrected chi connectivity index (χ0v) is 22.3. The molecule has 0 fully saturated rings. The Hall–Kier alpha value is -2.78. The van der Waals surface area contributed by atoms with Gasteiger partial charge in [-0.3, -0.25) is 9.59 Å². The average molecular weight is 549 g/mol. The number of fused-ring (bicyclic) bond motifs is 1. The topological polar surface area (TPSA) is 68.3 Å². The molecule has 2 aromatic carbocycles. The van der Waals surface area contributed by atoms with Crippen LogP contribution < -0.4 is 9.47 Å². The number of rotatable bonds is 10. The standard InChI is InChI=1S/C26H26Cl2N2O5S/c1-17-7-10-36-24(17)14-30(13-18-3-6-22-23(11-18)35-16-34-22)25(31)15-29(8-9-33-2)26(32)20-5-4-19(27)12-21(20)28/h3-7,10-12H,8-9,13-16H2,1-2H3. The van der Waals surface area contributed by atoms with Gasteiger partial charge in [0.2, 0.25) is 12.7 Å². The lowest BCUT2D eigenvalue weighted by atomic mass is 10.1. The van der Waals surface area contributed by atoms with Gasteiger partial charge in [0.05, 0.1) is 23.7 Å². The molecule has 7 nitrogen and oxygen atoms in total. The molecule has 4 rings (SSSR count). The fraction of sp³-hybridized carbons (Fsp3) is 0.308. The van der Waals surface area contributed by atoms with E-state index in [1.165, 1.54) is 11.0 Å². The summed E-state index contributed by atoms with van der Waals surface area (Å²) >= 11 is 13.9. The van der Waals surface area contributed by atoms with E-state index in [-0.39, 0.29) is 48.9 Å². The van der Waals surface area contributed by atoms with Gasteiger partial charge in [-0.2, -0.15) is 0 Å². The van der Waals surface area contributed by atoms with Crippen LogP contribution in [0.1, 0.15) is 26.4 Å². The number of hydrogen-bond donors (Lipinski definition) is 0. The van der Waals surface area contributed by atoms with Crippen LogP contribution in [0.5, 0.6) is 11.5 Å². The highest BCUT2D eigenvalue weighted by Gasteiger charge is 2.25. The molecule has 2 heterocycles. The normalized spacial score (nSPS) is 12.0. The van der Waals surface area contributed by atoms with Crippen LogP contribution in [0.15, 0.2) is 47.8 Å². The van der Waals surface area contributed by atoms with E-state index < -0.39 is 0 Å². The lowest BCUT2D eigenvalue weighted by molar-refractivity contribution is -0.133. The predicted octanol–water partition coefficient (Wildman–Crippen LogP) is 5.41. The average Bonchev–Trinajstić information content (AvgIpc) is 3.49. The Bertz CT molecular complexity index is 1250. The molecule has 2 amide bonds. The Morgan fingerprint density at radius 1 is 1.03 bits per heavy atom. The lowest BCUT2D eigenvalue weighted by Gasteiger charge is -2.28. The summed E-state index contributed by atoms with van der Waals surface area (Å²) in [5, 5.41) is 2.66. The monoisotopic (exact) mass is 548 g/mol. The number of carbonyl (C=O) groups excluding carboxylic acids is 2. The molecule has 0 bridgehead atoms. The van der Waals surface area contributed by atoms with Gasteiger partial charge in [0.15, 0.2) is 11.5 Å². The highest BCUT2D eigenvalue weighted by molar-refractivity contribution is 7.10. The van der Waals surface area contributed by atoms with Crippen molar-refractivity contribution < 1.29 is 23.8 Å². The van der Waals surface area contributed by atoms with E-state index in [0.29, 0.717) is 29.6 Å². The van der Waals surface area contributed by atoms with Crippen LogP contribution in [0, 0.1) is 6.92 Å². The highest BCUT2D eigenvalue weighted by atomic mass is 35.5. The SMILES string of the molecule is COCCN(CC(=O)N(Cc1ccc2c(c1)OCO2)Cc1sccc1C)C(=O)c1ccc(Cl)cc1Cl. The van der Waals surface area contributed by atoms with Crippen LogP contribution in [0.25, 0.3) is 0 Å². The molecule has 0 radical (unpaired) electrons. The van der Waals surface area contributed by atoms with Crippen molar-refractivity contribution in [3.05, 3.63) is 79.5 Å². The third-order valence-electron chi connectivity index (χ3n) is 5.81. The van der Waals surface area contributed by atoms with Crippen molar-refractivity contribution in [2.75, 3.05) is 33.6 Å². The maximum atomic E-state index is 13.7. The second-order valence-corrected chi connectivity index (χ2v) is 10.2. The Kier molecular flexibility index (Phi) is 8.74. The molecular weight excluding hydrogens is 523 g/mol. The number of ether oxygens (including phenoxy) is 3. The van der Waals surface area contributed by atoms with E-state index in [1.54, 1.807) is 35.5 Å². The minimum atomic E-state index is -0.364. The summed E-state index contributed by atoms with van der Waals surface area (Å²) in [6.45, 7) is 3.35. The second-order valence-electron chi connectivity index (χ2n) is 8.31. The van der Waals surface area contributed by atoms with Crippen LogP contribution in [0.4, 0.5) is 0 Å². The molecule has 1 aliphatic rings. The third-order valence-corrected chi connectivity index (χ3v) is 7.36. The van der Waals surface area contributed by atoms with Gasteiger partial charge < -0.3 is 24.0 Å². The quantitative estimate of drug-likeness (QED) is 0.339. The van der Waals surface area contributed by atoms with Gasteiger partial charge in [-0.15, -0.1) is 11.3 Å². The van der Waals surface area contributed by atoms with Crippen molar-refractivity contribution in [1.82, 2.24) is 9.80 Å².